The Labute approximate surface area is 192 Å². The predicted octanol–water partition coefficient (Wildman–Crippen LogP) is 4.98. The van der Waals surface area contributed by atoms with Crippen molar-refractivity contribution in [1.82, 2.24) is 4.90 Å². The third-order valence-electron chi connectivity index (χ3n) is 6.51. The molecule has 3 aromatic carbocycles. The van der Waals surface area contributed by atoms with Crippen LogP contribution in [-0.4, -0.2) is 52.6 Å². The maximum atomic E-state index is 14.1. The Bertz CT molecular complexity index is 1160. The molecule has 3 aromatic rings. The van der Waals surface area contributed by atoms with E-state index in [0.717, 1.165) is 61.2 Å². The number of hydrogen-bond donors (Lipinski definition) is 0. The molecule has 0 N–H and O–H groups in total. The van der Waals surface area contributed by atoms with Gasteiger partial charge in [0.15, 0.2) is 0 Å². The van der Waals surface area contributed by atoms with Crippen LogP contribution in [0.2, 0.25) is 0 Å². The van der Waals surface area contributed by atoms with Crippen molar-refractivity contribution >= 4 is 32.2 Å². The fraction of sp³-hybridized carbons (Fsp3) is 0.385. The summed E-state index contributed by atoms with van der Waals surface area (Å²) in [4.78, 5) is 5.04. The first-order chi connectivity index (χ1) is 15.5. The van der Waals surface area contributed by atoms with E-state index in [1.165, 1.54) is 0 Å². The quantitative estimate of drug-likeness (QED) is 0.508. The van der Waals surface area contributed by atoms with Crippen LogP contribution in [-0.2, 0) is 10.0 Å². The van der Waals surface area contributed by atoms with E-state index in [2.05, 4.69) is 36.8 Å². The summed E-state index contributed by atoms with van der Waals surface area (Å²) >= 11 is 0. The van der Waals surface area contributed by atoms with Gasteiger partial charge in [-0.2, -0.15) is 0 Å². The molecule has 0 atom stereocenters. The zero-order chi connectivity index (χ0) is 22.7. The minimum Gasteiger partial charge on any atom is -0.369 e. The lowest BCUT2D eigenvalue weighted by Crippen LogP contribution is -2.44. The molecular formula is C26H33N3O2S. The lowest BCUT2D eigenvalue weighted by molar-refractivity contribution is 0.313. The summed E-state index contributed by atoms with van der Waals surface area (Å²) < 4.78 is 29.9. The van der Waals surface area contributed by atoms with E-state index in [1.807, 2.05) is 54.6 Å². The van der Waals surface area contributed by atoms with Crippen molar-refractivity contribution in [2.45, 2.75) is 37.6 Å². The van der Waals surface area contributed by atoms with E-state index in [4.69, 9.17) is 0 Å². The third kappa shape index (κ3) is 4.34. The van der Waals surface area contributed by atoms with Crippen molar-refractivity contribution in [3.8, 4) is 0 Å². The Morgan fingerprint density at radius 2 is 1.53 bits per heavy atom. The van der Waals surface area contributed by atoms with E-state index in [1.54, 1.807) is 10.4 Å². The number of anilines is 2. The van der Waals surface area contributed by atoms with Crippen LogP contribution in [0.4, 0.5) is 11.4 Å². The van der Waals surface area contributed by atoms with Gasteiger partial charge >= 0.3 is 0 Å². The van der Waals surface area contributed by atoms with Gasteiger partial charge in [0.05, 0.1) is 10.6 Å². The summed E-state index contributed by atoms with van der Waals surface area (Å²) in [5.74, 6) is 0. The molecule has 0 amide bonds. The SMILES string of the molecule is CCC(CC)N(c1cccc(N2CCN(C)CC2)c1)S(=O)(=O)c1cccc2ccccc12. The number of rotatable bonds is 7. The second-order valence-electron chi connectivity index (χ2n) is 8.56. The monoisotopic (exact) mass is 451 g/mol. The van der Waals surface area contributed by atoms with Crippen molar-refractivity contribution in [3.63, 3.8) is 0 Å². The molecule has 0 spiro atoms. The van der Waals surface area contributed by atoms with Crippen LogP contribution in [0.1, 0.15) is 26.7 Å². The Hall–Kier alpha value is -2.57. The molecule has 0 aliphatic carbocycles. The summed E-state index contributed by atoms with van der Waals surface area (Å²) in [5.41, 5.74) is 1.82. The third-order valence-corrected chi connectivity index (χ3v) is 8.45. The molecule has 1 aliphatic rings. The summed E-state index contributed by atoms with van der Waals surface area (Å²) in [6.07, 6.45) is 1.50. The van der Waals surface area contributed by atoms with Gasteiger partial charge < -0.3 is 9.80 Å². The van der Waals surface area contributed by atoms with Crippen LogP contribution in [0.15, 0.2) is 71.6 Å². The molecule has 1 fully saturated rings. The smallest absolute Gasteiger partial charge is 0.265 e. The average Bonchev–Trinajstić information content (AvgIpc) is 2.82. The number of likely N-dealkylation sites (N-methyl/N-ethyl adjacent to an activating group) is 1. The summed E-state index contributed by atoms with van der Waals surface area (Å²) in [6.45, 7) is 8.03. The minimum atomic E-state index is -3.75. The van der Waals surface area contributed by atoms with Gasteiger partial charge in [0.25, 0.3) is 10.0 Å². The topological polar surface area (TPSA) is 43.9 Å². The second kappa shape index (κ2) is 9.51. The second-order valence-corrected chi connectivity index (χ2v) is 10.3. The number of benzene rings is 3. The molecular weight excluding hydrogens is 418 g/mol. The van der Waals surface area contributed by atoms with Gasteiger partial charge in [0.2, 0.25) is 0 Å². The number of nitrogens with zero attached hydrogens (tertiary/aromatic N) is 3. The van der Waals surface area contributed by atoms with Crippen LogP contribution in [0.25, 0.3) is 10.8 Å². The molecule has 6 heteroatoms. The van der Waals surface area contributed by atoms with Gasteiger partial charge in [-0.05, 0) is 49.5 Å². The van der Waals surface area contributed by atoms with Gasteiger partial charge in [-0.25, -0.2) is 8.42 Å². The van der Waals surface area contributed by atoms with Crippen LogP contribution in [0.3, 0.4) is 0 Å². The van der Waals surface area contributed by atoms with Crippen molar-refractivity contribution in [2.75, 3.05) is 42.4 Å². The molecule has 5 nitrogen and oxygen atoms in total. The standard InChI is InChI=1S/C26H33N3O2S/c1-4-22(5-2)29(24-13-9-12-23(20-24)28-18-16-27(3)17-19-28)32(30,31)26-15-8-11-21-10-6-7-14-25(21)26/h6-15,20,22H,4-5,16-19H2,1-3H3. The molecule has 4 rings (SSSR count). The number of hydrogen-bond acceptors (Lipinski definition) is 4. The van der Waals surface area contributed by atoms with Gasteiger partial charge in [-0.1, -0.05) is 56.3 Å². The van der Waals surface area contributed by atoms with Crippen molar-refractivity contribution in [3.05, 3.63) is 66.7 Å². The molecule has 0 saturated carbocycles. The Kier molecular flexibility index (Phi) is 6.72. The van der Waals surface area contributed by atoms with Crippen LogP contribution >= 0.6 is 0 Å². The number of fused-ring (bicyclic) bond motifs is 1. The van der Waals surface area contributed by atoms with E-state index in [0.29, 0.717) is 4.90 Å². The first-order valence-corrected chi connectivity index (χ1v) is 13.0. The van der Waals surface area contributed by atoms with Gasteiger partial charge in [0, 0.05) is 43.3 Å². The Morgan fingerprint density at radius 3 is 2.25 bits per heavy atom. The summed E-state index contributed by atoms with van der Waals surface area (Å²) in [7, 11) is -1.62. The normalized spacial score (nSPS) is 15.4. The fourth-order valence-electron chi connectivity index (χ4n) is 4.58. The highest BCUT2D eigenvalue weighted by atomic mass is 32.2. The molecule has 32 heavy (non-hydrogen) atoms. The minimum absolute atomic E-state index is 0.110. The average molecular weight is 452 g/mol. The van der Waals surface area contributed by atoms with Crippen molar-refractivity contribution in [1.29, 1.82) is 0 Å². The maximum absolute atomic E-state index is 14.1. The first-order valence-electron chi connectivity index (χ1n) is 11.5. The zero-order valence-corrected chi connectivity index (χ0v) is 20.1. The molecule has 170 valence electrons. The fourth-order valence-corrected chi connectivity index (χ4v) is 6.59. The molecule has 0 unspecified atom stereocenters. The van der Waals surface area contributed by atoms with Gasteiger partial charge in [-0.15, -0.1) is 0 Å². The van der Waals surface area contributed by atoms with Crippen LogP contribution < -0.4 is 9.21 Å². The first kappa shape index (κ1) is 22.6. The lowest BCUT2D eigenvalue weighted by Gasteiger charge is -2.36. The van der Waals surface area contributed by atoms with Crippen molar-refractivity contribution < 1.29 is 8.42 Å². The molecule has 1 heterocycles. The highest BCUT2D eigenvalue weighted by molar-refractivity contribution is 7.93. The highest BCUT2D eigenvalue weighted by Crippen LogP contribution is 2.34. The van der Waals surface area contributed by atoms with Gasteiger partial charge in [-0.3, -0.25) is 4.31 Å². The van der Waals surface area contributed by atoms with Crippen LogP contribution in [0.5, 0.6) is 0 Å². The molecule has 1 saturated heterocycles. The van der Waals surface area contributed by atoms with Crippen LogP contribution in [0, 0.1) is 0 Å². The largest absolute Gasteiger partial charge is 0.369 e. The Morgan fingerprint density at radius 1 is 0.875 bits per heavy atom. The van der Waals surface area contributed by atoms with Crippen molar-refractivity contribution in [2.24, 2.45) is 0 Å². The van der Waals surface area contributed by atoms with E-state index >= 15 is 0 Å². The van der Waals surface area contributed by atoms with E-state index < -0.39 is 10.0 Å². The number of sulfonamides is 1. The Balaban J connectivity index is 1.81. The summed E-state index contributed by atoms with van der Waals surface area (Å²) in [6, 6.07) is 21.2. The molecule has 0 radical (unpaired) electrons. The molecule has 1 aliphatic heterocycles. The molecule has 0 aromatic heterocycles. The molecule has 0 bridgehead atoms. The highest BCUT2D eigenvalue weighted by Gasteiger charge is 2.32. The summed E-state index contributed by atoms with van der Waals surface area (Å²) in [5, 5.41) is 1.70. The van der Waals surface area contributed by atoms with E-state index in [-0.39, 0.29) is 6.04 Å². The van der Waals surface area contributed by atoms with Gasteiger partial charge in [0.1, 0.15) is 0 Å². The maximum Gasteiger partial charge on any atom is 0.265 e. The van der Waals surface area contributed by atoms with E-state index in [9.17, 15) is 8.42 Å². The zero-order valence-electron chi connectivity index (χ0n) is 19.2. The number of piperazine rings is 1. The lowest BCUT2D eigenvalue weighted by atomic mass is 10.1. The predicted molar refractivity (Wildman–Crippen MR) is 134 cm³/mol.